The van der Waals surface area contributed by atoms with Gasteiger partial charge in [-0.3, -0.25) is 4.90 Å². The van der Waals surface area contributed by atoms with Crippen molar-refractivity contribution in [2.24, 2.45) is 11.8 Å². The van der Waals surface area contributed by atoms with Crippen molar-refractivity contribution >= 4 is 5.97 Å². The minimum atomic E-state index is -0.292. The molecule has 2 unspecified atom stereocenters. The molecule has 0 aliphatic carbocycles. The first-order valence-corrected chi connectivity index (χ1v) is 8.35. The van der Waals surface area contributed by atoms with Crippen LogP contribution in [0.2, 0.25) is 0 Å². The third-order valence-corrected chi connectivity index (χ3v) is 4.89. The van der Waals surface area contributed by atoms with Crippen LogP contribution in [0.5, 0.6) is 0 Å². The van der Waals surface area contributed by atoms with E-state index in [9.17, 15) is 9.90 Å². The normalized spacial score (nSPS) is 28.8. The van der Waals surface area contributed by atoms with Gasteiger partial charge in [0.05, 0.1) is 18.8 Å². The third-order valence-electron chi connectivity index (χ3n) is 4.89. The molecule has 1 N–H and O–H groups in total. The predicted octanol–water partition coefficient (Wildman–Crippen LogP) is 1.92. The molecule has 122 valence electrons. The molecule has 4 rings (SSSR count). The van der Waals surface area contributed by atoms with E-state index in [2.05, 4.69) is 16.7 Å². The topological polar surface area (TPSA) is 49.8 Å². The minimum absolute atomic E-state index is 0.256. The Hall–Kier alpha value is -1.83. The highest BCUT2D eigenvalue weighted by Gasteiger charge is 2.38. The summed E-state index contributed by atoms with van der Waals surface area (Å²) in [6.07, 6.45) is 2.23. The zero-order chi connectivity index (χ0) is 16.2. The predicted molar refractivity (Wildman–Crippen MR) is 87.9 cm³/mol. The lowest BCUT2D eigenvalue weighted by atomic mass is 9.76. The number of nitrogens with zero attached hydrogens (tertiary/aromatic N) is 1. The Labute approximate surface area is 137 Å². The molecule has 23 heavy (non-hydrogen) atoms. The van der Waals surface area contributed by atoms with Crippen molar-refractivity contribution in [3.63, 3.8) is 0 Å². The van der Waals surface area contributed by atoms with Crippen LogP contribution in [0.4, 0.5) is 0 Å². The first kappa shape index (κ1) is 16.0. The molecule has 3 saturated heterocycles. The summed E-state index contributed by atoms with van der Waals surface area (Å²) >= 11 is 0. The molecule has 3 aliphatic heterocycles. The summed E-state index contributed by atoms with van der Waals surface area (Å²) in [5.74, 6) is 7.33. The van der Waals surface area contributed by atoms with Crippen molar-refractivity contribution in [1.82, 2.24) is 4.90 Å². The Kier molecular flexibility index (Phi) is 5.00. The molecule has 0 saturated carbocycles. The Balaban J connectivity index is 1.65. The molecular weight excluding hydrogens is 290 g/mol. The van der Waals surface area contributed by atoms with Gasteiger partial charge < -0.3 is 9.84 Å². The van der Waals surface area contributed by atoms with Gasteiger partial charge in [-0.2, -0.15) is 0 Å². The number of aliphatic hydroxyl groups excluding tert-OH is 1. The molecule has 4 atom stereocenters. The number of esters is 1. The summed E-state index contributed by atoms with van der Waals surface area (Å²) in [5.41, 5.74) is 1.49. The first-order valence-electron chi connectivity index (χ1n) is 8.35. The summed E-state index contributed by atoms with van der Waals surface area (Å²) in [6, 6.07) is 7.60. The molecule has 2 bridgehead atoms. The average molecular weight is 313 g/mol. The lowest BCUT2D eigenvalue weighted by Crippen LogP contribution is -2.54. The van der Waals surface area contributed by atoms with Crippen molar-refractivity contribution in [2.75, 3.05) is 26.3 Å². The van der Waals surface area contributed by atoms with Crippen LogP contribution in [0.3, 0.4) is 0 Å². The van der Waals surface area contributed by atoms with E-state index in [1.165, 1.54) is 6.42 Å². The standard InChI is InChI=1S/C19H23NO3/c1-2-23-19(22)15-6-3-14(4-7-15)5-8-17-12-20-10-9-16(17)11-18(20)13-21/h3-4,6-7,16-18,21H,2,9-13H2,1H3/t16?,17-,18-/m0/s1. The lowest BCUT2D eigenvalue weighted by molar-refractivity contribution is -0.00370. The fourth-order valence-electron chi connectivity index (χ4n) is 3.57. The van der Waals surface area contributed by atoms with E-state index >= 15 is 0 Å². The van der Waals surface area contributed by atoms with E-state index in [4.69, 9.17) is 4.74 Å². The fourth-order valence-corrected chi connectivity index (χ4v) is 3.57. The zero-order valence-corrected chi connectivity index (χ0v) is 13.5. The van der Waals surface area contributed by atoms with Gasteiger partial charge >= 0.3 is 5.97 Å². The average Bonchev–Trinajstić information content (AvgIpc) is 2.61. The number of carbonyl (C=O) groups excluding carboxylic acids is 1. The highest BCUT2D eigenvalue weighted by Crippen LogP contribution is 2.35. The van der Waals surface area contributed by atoms with Crippen LogP contribution in [0, 0.1) is 23.7 Å². The maximum absolute atomic E-state index is 11.6. The minimum Gasteiger partial charge on any atom is -0.462 e. The Morgan fingerprint density at radius 3 is 2.78 bits per heavy atom. The molecule has 1 aromatic rings. The number of carbonyl (C=O) groups is 1. The smallest absolute Gasteiger partial charge is 0.338 e. The van der Waals surface area contributed by atoms with Crippen molar-refractivity contribution in [3.05, 3.63) is 35.4 Å². The molecule has 3 fully saturated rings. The summed E-state index contributed by atoms with van der Waals surface area (Å²) in [6.45, 7) is 4.49. The SMILES string of the molecule is CCOC(=O)c1ccc(C#C[C@H]2CN3CCC2C[C@H]3CO)cc1. The van der Waals surface area contributed by atoms with Crippen LogP contribution < -0.4 is 0 Å². The van der Waals surface area contributed by atoms with Crippen molar-refractivity contribution < 1.29 is 14.6 Å². The summed E-state index contributed by atoms with van der Waals surface area (Å²) in [5, 5.41) is 9.40. The number of aliphatic hydroxyl groups is 1. The molecule has 0 amide bonds. The molecule has 3 heterocycles. The third kappa shape index (κ3) is 3.57. The van der Waals surface area contributed by atoms with Crippen molar-refractivity contribution in [1.29, 1.82) is 0 Å². The highest BCUT2D eigenvalue weighted by atomic mass is 16.5. The largest absolute Gasteiger partial charge is 0.462 e. The Bertz CT molecular complexity index is 614. The zero-order valence-electron chi connectivity index (χ0n) is 13.5. The van der Waals surface area contributed by atoms with Crippen LogP contribution in [0.15, 0.2) is 24.3 Å². The highest BCUT2D eigenvalue weighted by molar-refractivity contribution is 5.89. The second-order valence-electron chi connectivity index (χ2n) is 6.29. The quantitative estimate of drug-likeness (QED) is 0.684. The number of hydrogen-bond acceptors (Lipinski definition) is 4. The van der Waals surface area contributed by atoms with Gasteiger partial charge in [0, 0.05) is 24.1 Å². The lowest BCUT2D eigenvalue weighted by Gasteiger charge is -2.47. The maximum atomic E-state index is 11.6. The van der Waals surface area contributed by atoms with E-state index in [1.54, 1.807) is 19.1 Å². The molecular formula is C19H23NO3. The Morgan fingerprint density at radius 1 is 1.39 bits per heavy atom. The van der Waals surface area contributed by atoms with Crippen LogP contribution in [-0.2, 0) is 4.74 Å². The van der Waals surface area contributed by atoms with Gasteiger partial charge in [-0.15, -0.1) is 0 Å². The summed E-state index contributed by atoms with van der Waals surface area (Å²) < 4.78 is 4.98. The van der Waals surface area contributed by atoms with E-state index in [-0.39, 0.29) is 12.6 Å². The van der Waals surface area contributed by atoms with Crippen LogP contribution in [0.25, 0.3) is 0 Å². The number of rotatable bonds is 3. The van der Waals surface area contributed by atoms with Crippen molar-refractivity contribution in [2.45, 2.75) is 25.8 Å². The molecule has 0 spiro atoms. The number of ether oxygens (including phenoxy) is 1. The van der Waals surface area contributed by atoms with E-state index in [0.29, 0.717) is 30.0 Å². The first-order chi connectivity index (χ1) is 11.2. The van der Waals surface area contributed by atoms with E-state index < -0.39 is 0 Å². The molecule has 3 aliphatic rings. The summed E-state index contributed by atoms with van der Waals surface area (Å²) in [4.78, 5) is 14.0. The van der Waals surface area contributed by atoms with Gasteiger partial charge in [0.15, 0.2) is 0 Å². The van der Waals surface area contributed by atoms with Gasteiger partial charge in [-0.05, 0) is 56.5 Å². The Morgan fingerprint density at radius 2 is 2.17 bits per heavy atom. The van der Waals surface area contributed by atoms with E-state index in [1.807, 2.05) is 12.1 Å². The number of hydrogen-bond donors (Lipinski definition) is 1. The summed E-state index contributed by atoms with van der Waals surface area (Å²) in [7, 11) is 0. The van der Waals surface area contributed by atoms with Gasteiger partial charge in [0.25, 0.3) is 0 Å². The molecule has 4 nitrogen and oxygen atoms in total. The van der Waals surface area contributed by atoms with Crippen LogP contribution in [0.1, 0.15) is 35.7 Å². The molecule has 0 radical (unpaired) electrons. The molecule has 0 aromatic heterocycles. The molecule has 1 aromatic carbocycles. The maximum Gasteiger partial charge on any atom is 0.338 e. The number of piperidine rings is 3. The molecule has 4 heteroatoms. The van der Waals surface area contributed by atoms with Gasteiger partial charge in [-0.1, -0.05) is 11.8 Å². The van der Waals surface area contributed by atoms with Crippen LogP contribution >= 0.6 is 0 Å². The van der Waals surface area contributed by atoms with Gasteiger partial charge in [-0.25, -0.2) is 4.79 Å². The monoisotopic (exact) mass is 313 g/mol. The van der Waals surface area contributed by atoms with Crippen LogP contribution in [-0.4, -0.2) is 48.3 Å². The van der Waals surface area contributed by atoms with Crippen molar-refractivity contribution in [3.8, 4) is 11.8 Å². The number of benzene rings is 1. The number of fused-ring (bicyclic) bond motifs is 3. The second kappa shape index (κ2) is 7.16. The fraction of sp³-hybridized carbons (Fsp3) is 0.526. The van der Waals surface area contributed by atoms with E-state index in [0.717, 1.165) is 25.1 Å². The van der Waals surface area contributed by atoms with Gasteiger partial charge in [0.1, 0.15) is 0 Å². The van der Waals surface area contributed by atoms with Gasteiger partial charge in [0.2, 0.25) is 0 Å². The second-order valence-corrected chi connectivity index (χ2v) is 6.29.